The van der Waals surface area contributed by atoms with Gasteiger partial charge in [0, 0.05) is 23.8 Å². The molecule has 1 N–H and O–H groups in total. The second-order valence-electron chi connectivity index (χ2n) is 6.05. The van der Waals surface area contributed by atoms with Crippen molar-refractivity contribution in [1.29, 1.82) is 0 Å². The SMILES string of the molecule is Cc1sc2nc(-c3cnccn3)nc(NCc3ccc(Cl)c(Cl)c3)c2c1C. The summed E-state index contributed by atoms with van der Waals surface area (Å²) in [6, 6.07) is 5.58. The first-order valence-corrected chi connectivity index (χ1v) is 9.82. The summed E-state index contributed by atoms with van der Waals surface area (Å²) in [5.41, 5.74) is 2.83. The molecule has 0 amide bonds. The summed E-state index contributed by atoms with van der Waals surface area (Å²) < 4.78 is 0. The normalized spacial score (nSPS) is 11.1. The van der Waals surface area contributed by atoms with E-state index in [4.69, 9.17) is 33.2 Å². The van der Waals surface area contributed by atoms with Crippen molar-refractivity contribution in [3.63, 3.8) is 0 Å². The van der Waals surface area contributed by atoms with Gasteiger partial charge in [0.2, 0.25) is 0 Å². The molecular weight excluding hydrogens is 401 g/mol. The van der Waals surface area contributed by atoms with Gasteiger partial charge < -0.3 is 5.32 Å². The monoisotopic (exact) mass is 415 g/mol. The highest BCUT2D eigenvalue weighted by molar-refractivity contribution is 7.18. The Morgan fingerprint density at radius 3 is 2.67 bits per heavy atom. The van der Waals surface area contributed by atoms with Gasteiger partial charge >= 0.3 is 0 Å². The fraction of sp³-hybridized carbons (Fsp3) is 0.158. The van der Waals surface area contributed by atoms with Crippen LogP contribution in [0.2, 0.25) is 10.0 Å². The van der Waals surface area contributed by atoms with E-state index in [1.165, 1.54) is 10.4 Å². The zero-order chi connectivity index (χ0) is 19.0. The number of halogens is 2. The lowest BCUT2D eigenvalue weighted by Crippen LogP contribution is -2.04. The maximum absolute atomic E-state index is 6.13. The number of anilines is 1. The predicted octanol–water partition coefficient (Wildman–Crippen LogP) is 5.68. The van der Waals surface area contributed by atoms with Crippen LogP contribution in [0.4, 0.5) is 5.82 Å². The molecule has 0 atom stereocenters. The number of nitrogens with one attached hydrogen (secondary N) is 1. The topological polar surface area (TPSA) is 63.6 Å². The van der Waals surface area contributed by atoms with Crippen molar-refractivity contribution in [2.24, 2.45) is 0 Å². The molecule has 0 aliphatic heterocycles. The van der Waals surface area contributed by atoms with Crippen LogP contribution in [-0.2, 0) is 6.54 Å². The summed E-state index contributed by atoms with van der Waals surface area (Å²) >= 11 is 13.8. The standard InChI is InChI=1S/C19H15Cl2N5S/c1-10-11(2)27-19-16(10)18(24-8-12-3-4-13(20)14(21)7-12)25-17(26-19)15-9-22-5-6-23-15/h3-7,9H,8H2,1-2H3,(H,24,25,26). The van der Waals surface area contributed by atoms with E-state index in [-0.39, 0.29) is 0 Å². The smallest absolute Gasteiger partial charge is 0.183 e. The Labute approximate surface area is 170 Å². The van der Waals surface area contributed by atoms with Crippen molar-refractivity contribution in [2.45, 2.75) is 20.4 Å². The number of benzene rings is 1. The van der Waals surface area contributed by atoms with E-state index in [0.717, 1.165) is 21.6 Å². The van der Waals surface area contributed by atoms with E-state index in [9.17, 15) is 0 Å². The van der Waals surface area contributed by atoms with E-state index in [0.29, 0.717) is 28.1 Å². The summed E-state index contributed by atoms with van der Waals surface area (Å²) in [4.78, 5) is 20.0. The molecule has 3 aromatic heterocycles. The van der Waals surface area contributed by atoms with Gasteiger partial charge in [0.25, 0.3) is 0 Å². The van der Waals surface area contributed by atoms with E-state index in [1.54, 1.807) is 36.0 Å². The second kappa shape index (κ2) is 7.38. The average molecular weight is 416 g/mol. The first-order chi connectivity index (χ1) is 13.0. The third-order valence-corrected chi connectivity index (χ3v) is 6.11. The van der Waals surface area contributed by atoms with Crippen LogP contribution >= 0.6 is 34.5 Å². The zero-order valence-electron chi connectivity index (χ0n) is 14.6. The molecular formula is C19H15Cl2N5S. The number of rotatable bonds is 4. The minimum Gasteiger partial charge on any atom is -0.365 e. The molecule has 0 aliphatic carbocycles. The number of fused-ring (bicyclic) bond motifs is 1. The number of hydrogen-bond acceptors (Lipinski definition) is 6. The number of thiophene rings is 1. The quantitative estimate of drug-likeness (QED) is 0.464. The van der Waals surface area contributed by atoms with Crippen LogP contribution in [0.1, 0.15) is 16.0 Å². The molecule has 0 bridgehead atoms. The van der Waals surface area contributed by atoms with Crippen molar-refractivity contribution in [1.82, 2.24) is 19.9 Å². The van der Waals surface area contributed by atoms with Gasteiger partial charge in [-0.15, -0.1) is 11.3 Å². The Hall–Kier alpha value is -2.28. The van der Waals surface area contributed by atoms with Gasteiger partial charge in [-0.3, -0.25) is 4.98 Å². The lowest BCUT2D eigenvalue weighted by Gasteiger charge is -2.10. The largest absolute Gasteiger partial charge is 0.365 e. The van der Waals surface area contributed by atoms with Crippen molar-refractivity contribution in [3.05, 3.63) is 62.8 Å². The first kappa shape index (κ1) is 18.1. The number of hydrogen-bond donors (Lipinski definition) is 1. The van der Waals surface area contributed by atoms with Crippen molar-refractivity contribution in [2.75, 3.05) is 5.32 Å². The number of aromatic nitrogens is 4. The van der Waals surface area contributed by atoms with Crippen LogP contribution in [0.25, 0.3) is 21.7 Å². The molecule has 0 radical (unpaired) electrons. The maximum Gasteiger partial charge on any atom is 0.183 e. The Morgan fingerprint density at radius 1 is 1.07 bits per heavy atom. The molecule has 0 saturated carbocycles. The fourth-order valence-electron chi connectivity index (χ4n) is 2.74. The molecule has 3 heterocycles. The van der Waals surface area contributed by atoms with Crippen LogP contribution in [-0.4, -0.2) is 19.9 Å². The van der Waals surface area contributed by atoms with Gasteiger partial charge in [-0.05, 0) is 37.1 Å². The van der Waals surface area contributed by atoms with Gasteiger partial charge in [-0.25, -0.2) is 15.0 Å². The van der Waals surface area contributed by atoms with Crippen LogP contribution in [0.5, 0.6) is 0 Å². The summed E-state index contributed by atoms with van der Waals surface area (Å²) in [5, 5.41) is 5.53. The fourth-order valence-corrected chi connectivity index (χ4v) is 4.09. The number of nitrogens with zero attached hydrogens (tertiary/aromatic N) is 4. The minimum atomic E-state index is 0.534. The molecule has 4 rings (SSSR count). The third kappa shape index (κ3) is 3.60. The lowest BCUT2D eigenvalue weighted by molar-refractivity contribution is 1.09. The van der Waals surface area contributed by atoms with Gasteiger partial charge in [-0.2, -0.15) is 0 Å². The molecule has 0 fully saturated rings. The van der Waals surface area contributed by atoms with Crippen LogP contribution in [0.3, 0.4) is 0 Å². The van der Waals surface area contributed by atoms with Crippen LogP contribution < -0.4 is 5.32 Å². The van der Waals surface area contributed by atoms with Crippen LogP contribution in [0, 0.1) is 13.8 Å². The Bertz CT molecular complexity index is 1130. The first-order valence-electron chi connectivity index (χ1n) is 8.25. The second-order valence-corrected chi connectivity index (χ2v) is 8.07. The minimum absolute atomic E-state index is 0.534. The van der Waals surface area contributed by atoms with Gasteiger partial charge in [0.1, 0.15) is 16.3 Å². The average Bonchev–Trinajstić information content (AvgIpc) is 2.97. The van der Waals surface area contributed by atoms with Crippen molar-refractivity contribution < 1.29 is 0 Å². The molecule has 0 saturated heterocycles. The van der Waals surface area contributed by atoms with Gasteiger partial charge in [0.05, 0.1) is 21.6 Å². The predicted molar refractivity (Wildman–Crippen MR) is 112 cm³/mol. The Kier molecular flexibility index (Phi) is 4.95. The molecule has 5 nitrogen and oxygen atoms in total. The molecule has 0 unspecified atom stereocenters. The molecule has 27 heavy (non-hydrogen) atoms. The molecule has 1 aromatic carbocycles. The van der Waals surface area contributed by atoms with Gasteiger partial charge in [-0.1, -0.05) is 29.3 Å². The summed E-state index contributed by atoms with van der Waals surface area (Å²) in [7, 11) is 0. The summed E-state index contributed by atoms with van der Waals surface area (Å²) in [5.74, 6) is 1.32. The molecule has 4 aromatic rings. The Morgan fingerprint density at radius 2 is 1.93 bits per heavy atom. The highest BCUT2D eigenvalue weighted by Gasteiger charge is 2.16. The zero-order valence-corrected chi connectivity index (χ0v) is 17.0. The molecule has 8 heteroatoms. The third-order valence-electron chi connectivity index (χ3n) is 4.26. The highest BCUT2D eigenvalue weighted by Crippen LogP contribution is 2.35. The highest BCUT2D eigenvalue weighted by atomic mass is 35.5. The van der Waals surface area contributed by atoms with E-state index in [1.807, 2.05) is 12.1 Å². The molecule has 0 aliphatic rings. The number of aryl methyl sites for hydroxylation is 2. The summed E-state index contributed by atoms with van der Waals surface area (Å²) in [6.45, 7) is 4.74. The molecule has 136 valence electrons. The van der Waals surface area contributed by atoms with Crippen LogP contribution in [0.15, 0.2) is 36.8 Å². The molecule has 0 spiro atoms. The maximum atomic E-state index is 6.13. The van der Waals surface area contributed by atoms with E-state index in [2.05, 4.69) is 29.1 Å². The lowest BCUT2D eigenvalue weighted by atomic mass is 10.2. The Balaban J connectivity index is 1.76. The van der Waals surface area contributed by atoms with Gasteiger partial charge in [0.15, 0.2) is 5.82 Å². The van der Waals surface area contributed by atoms with Crippen molar-refractivity contribution >= 4 is 50.6 Å². The van der Waals surface area contributed by atoms with E-state index < -0.39 is 0 Å². The summed E-state index contributed by atoms with van der Waals surface area (Å²) in [6.07, 6.45) is 4.93. The van der Waals surface area contributed by atoms with E-state index >= 15 is 0 Å². The van der Waals surface area contributed by atoms with Crippen molar-refractivity contribution in [3.8, 4) is 11.5 Å².